The van der Waals surface area contributed by atoms with Crippen molar-refractivity contribution in [2.24, 2.45) is 0 Å². The number of aryl methyl sites for hydroxylation is 1. The second-order valence-electron chi connectivity index (χ2n) is 5.31. The van der Waals surface area contributed by atoms with Crippen molar-refractivity contribution in [2.75, 3.05) is 45.6 Å². The van der Waals surface area contributed by atoms with Crippen LogP contribution in [0.15, 0.2) is 18.2 Å². The van der Waals surface area contributed by atoms with Crippen LogP contribution in [0.1, 0.15) is 22.3 Å². The fraction of sp³-hybridized carbons (Fsp3) is 0.533. The lowest BCUT2D eigenvalue weighted by Crippen LogP contribution is -2.30. The molecule has 0 spiro atoms. The van der Waals surface area contributed by atoms with Gasteiger partial charge in [-0.1, -0.05) is 0 Å². The molecule has 2 N–H and O–H groups in total. The van der Waals surface area contributed by atoms with Crippen LogP contribution >= 0.6 is 0 Å². The zero-order valence-electron chi connectivity index (χ0n) is 11.8. The molecule has 0 unspecified atom stereocenters. The van der Waals surface area contributed by atoms with E-state index >= 15 is 0 Å². The lowest BCUT2D eigenvalue weighted by molar-refractivity contribution is 0.0990. The van der Waals surface area contributed by atoms with Crippen molar-refractivity contribution in [1.29, 1.82) is 0 Å². The summed E-state index contributed by atoms with van der Waals surface area (Å²) in [7, 11) is 4.06. The van der Waals surface area contributed by atoms with Crippen LogP contribution in [-0.2, 0) is 6.42 Å². The molecular formula is C15H23N3O. The van der Waals surface area contributed by atoms with Gasteiger partial charge in [0.1, 0.15) is 0 Å². The fourth-order valence-electron chi connectivity index (χ4n) is 2.25. The Balaban J connectivity index is 1.88. The number of rotatable bonds is 6. The molecule has 0 aromatic heterocycles. The van der Waals surface area contributed by atoms with Crippen LogP contribution in [0.4, 0.5) is 5.69 Å². The Morgan fingerprint density at radius 1 is 1.42 bits per heavy atom. The van der Waals surface area contributed by atoms with Gasteiger partial charge < -0.3 is 15.5 Å². The highest BCUT2D eigenvalue weighted by molar-refractivity contribution is 5.98. The molecule has 0 bridgehead atoms. The number of fused-ring (bicyclic) bond motifs is 1. The number of nitrogens with one attached hydrogen (secondary N) is 2. The van der Waals surface area contributed by atoms with Gasteiger partial charge in [-0.15, -0.1) is 0 Å². The summed E-state index contributed by atoms with van der Waals surface area (Å²) < 4.78 is 0. The summed E-state index contributed by atoms with van der Waals surface area (Å²) in [6.45, 7) is 3.24. The number of ketones is 1. The molecule has 0 fully saturated rings. The Labute approximate surface area is 115 Å². The third-order valence-electron chi connectivity index (χ3n) is 3.39. The summed E-state index contributed by atoms with van der Waals surface area (Å²) >= 11 is 0. The van der Waals surface area contributed by atoms with Crippen LogP contribution in [-0.4, -0.2) is 51.0 Å². The Morgan fingerprint density at radius 2 is 2.26 bits per heavy atom. The van der Waals surface area contributed by atoms with Gasteiger partial charge in [-0.05, 0) is 50.7 Å². The van der Waals surface area contributed by atoms with Crippen LogP contribution in [0.2, 0.25) is 0 Å². The molecule has 0 radical (unpaired) electrons. The summed E-state index contributed by atoms with van der Waals surface area (Å²) in [5.74, 6) is 0.173. The molecule has 19 heavy (non-hydrogen) atoms. The zero-order chi connectivity index (χ0) is 13.7. The molecule has 0 atom stereocenters. The Bertz CT molecular complexity index is 443. The van der Waals surface area contributed by atoms with Gasteiger partial charge in [-0.25, -0.2) is 0 Å². The van der Waals surface area contributed by atoms with E-state index in [1.54, 1.807) is 0 Å². The Hall–Kier alpha value is -1.39. The number of carbonyl (C=O) groups is 1. The van der Waals surface area contributed by atoms with Crippen molar-refractivity contribution in [3.63, 3.8) is 0 Å². The second-order valence-corrected chi connectivity index (χ2v) is 5.31. The number of hydrogen-bond donors (Lipinski definition) is 2. The van der Waals surface area contributed by atoms with Gasteiger partial charge in [0.15, 0.2) is 5.78 Å². The highest BCUT2D eigenvalue weighted by Gasteiger charge is 2.12. The van der Waals surface area contributed by atoms with Gasteiger partial charge in [0.05, 0.1) is 6.54 Å². The van der Waals surface area contributed by atoms with E-state index in [0.717, 1.165) is 38.0 Å². The minimum Gasteiger partial charge on any atom is -0.385 e. The van der Waals surface area contributed by atoms with E-state index in [0.29, 0.717) is 6.54 Å². The number of hydrogen-bond acceptors (Lipinski definition) is 4. The Kier molecular flexibility index (Phi) is 4.93. The highest BCUT2D eigenvalue weighted by atomic mass is 16.1. The molecule has 1 aliphatic heterocycles. The van der Waals surface area contributed by atoms with E-state index in [4.69, 9.17) is 0 Å². The first-order valence-corrected chi connectivity index (χ1v) is 6.92. The molecule has 0 aliphatic carbocycles. The fourth-order valence-corrected chi connectivity index (χ4v) is 2.25. The van der Waals surface area contributed by atoms with Crippen LogP contribution in [0.5, 0.6) is 0 Å². The van der Waals surface area contributed by atoms with E-state index in [9.17, 15) is 4.79 Å². The molecule has 4 heteroatoms. The number of nitrogens with zero attached hydrogens (tertiary/aromatic N) is 1. The molecule has 1 aromatic carbocycles. The third kappa shape index (κ3) is 4.04. The molecule has 0 saturated carbocycles. The first-order valence-electron chi connectivity index (χ1n) is 6.92. The second kappa shape index (κ2) is 6.68. The molecular weight excluding hydrogens is 238 g/mol. The summed E-state index contributed by atoms with van der Waals surface area (Å²) in [5.41, 5.74) is 3.27. The van der Waals surface area contributed by atoms with Gasteiger partial charge in [-0.2, -0.15) is 0 Å². The van der Waals surface area contributed by atoms with E-state index in [-0.39, 0.29) is 5.78 Å². The number of Topliss-reactive ketones (excluding diaryl/α,β-unsaturated/α-hetero) is 1. The van der Waals surface area contributed by atoms with Crippen LogP contribution in [0, 0.1) is 0 Å². The number of carbonyl (C=O) groups excluding carboxylic acids is 1. The average molecular weight is 261 g/mol. The maximum absolute atomic E-state index is 12.1. The van der Waals surface area contributed by atoms with E-state index in [1.807, 2.05) is 32.3 Å². The summed E-state index contributed by atoms with van der Waals surface area (Å²) in [6.07, 6.45) is 2.21. The standard InChI is InChI=1S/C15H23N3O/c1-18(2)9-8-16-11-15(19)13-5-6-14-12(10-13)4-3-7-17-14/h5-6,10,16-17H,3-4,7-9,11H2,1-2H3. The molecule has 1 aromatic rings. The molecule has 0 amide bonds. The summed E-state index contributed by atoms with van der Waals surface area (Å²) in [6, 6.07) is 5.99. The SMILES string of the molecule is CN(C)CCNCC(=O)c1ccc2c(c1)CCCN2. The van der Waals surface area contributed by atoms with Crippen molar-refractivity contribution in [1.82, 2.24) is 10.2 Å². The highest BCUT2D eigenvalue weighted by Crippen LogP contribution is 2.22. The van der Waals surface area contributed by atoms with Crippen molar-refractivity contribution in [2.45, 2.75) is 12.8 Å². The van der Waals surface area contributed by atoms with Gasteiger partial charge in [0.25, 0.3) is 0 Å². The largest absolute Gasteiger partial charge is 0.385 e. The maximum atomic E-state index is 12.1. The topological polar surface area (TPSA) is 44.4 Å². The number of benzene rings is 1. The monoisotopic (exact) mass is 261 g/mol. The van der Waals surface area contributed by atoms with Gasteiger partial charge in [0, 0.05) is 30.9 Å². The quantitative estimate of drug-likeness (QED) is 0.600. The van der Waals surface area contributed by atoms with Crippen LogP contribution in [0.3, 0.4) is 0 Å². The van der Waals surface area contributed by atoms with E-state index in [1.165, 1.54) is 11.3 Å². The normalized spacial score (nSPS) is 14.1. The molecule has 1 aliphatic rings. The molecule has 0 saturated heterocycles. The lowest BCUT2D eigenvalue weighted by atomic mass is 9.99. The smallest absolute Gasteiger partial charge is 0.176 e. The molecule has 104 valence electrons. The molecule has 4 nitrogen and oxygen atoms in total. The molecule has 2 rings (SSSR count). The first kappa shape index (κ1) is 14.0. The van der Waals surface area contributed by atoms with Crippen LogP contribution in [0.25, 0.3) is 0 Å². The zero-order valence-corrected chi connectivity index (χ0v) is 11.8. The Morgan fingerprint density at radius 3 is 3.05 bits per heavy atom. The van der Waals surface area contributed by atoms with Gasteiger partial charge in [-0.3, -0.25) is 4.79 Å². The predicted molar refractivity (Wildman–Crippen MR) is 79.0 cm³/mol. The van der Waals surface area contributed by atoms with Gasteiger partial charge in [0.2, 0.25) is 0 Å². The van der Waals surface area contributed by atoms with Gasteiger partial charge >= 0.3 is 0 Å². The lowest BCUT2D eigenvalue weighted by Gasteiger charge is -2.18. The predicted octanol–water partition coefficient (Wildman–Crippen LogP) is 1.38. The van der Waals surface area contributed by atoms with Crippen molar-refractivity contribution in [3.8, 4) is 0 Å². The summed E-state index contributed by atoms with van der Waals surface area (Å²) in [4.78, 5) is 14.2. The van der Waals surface area contributed by atoms with E-state index < -0.39 is 0 Å². The minimum atomic E-state index is 0.173. The van der Waals surface area contributed by atoms with Crippen LogP contribution < -0.4 is 10.6 Å². The summed E-state index contributed by atoms with van der Waals surface area (Å²) in [5, 5.41) is 6.55. The minimum absolute atomic E-state index is 0.173. The number of anilines is 1. The first-order chi connectivity index (χ1) is 9.16. The van der Waals surface area contributed by atoms with Crippen molar-refractivity contribution < 1.29 is 4.79 Å². The third-order valence-corrected chi connectivity index (χ3v) is 3.39. The average Bonchev–Trinajstić information content (AvgIpc) is 2.42. The van der Waals surface area contributed by atoms with Crippen molar-refractivity contribution >= 4 is 11.5 Å². The van der Waals surface area contributed by atoms with E-state index in [2.05, 4.69) is 15.5 Å². The maximum Gasteiger partial charge on any atom is 0.176 e. The number of likely N-dealkylation sites (N-methyl/N-ethyl adjacent to an activating group) is 1. The van der Waals surface area contributed by atoms with Crippen molar-refractivity contribution in [3.05, 3.63) is 29.3 Å². The molecule has 1 heterocycles.